The van der Waals surface area contributed by atoms with E-state index >= 15 is 0 Å². The van der Waals surface area contributed by atoms with Crippen LogP contribution in [0.15, 0.2) is 18.2 Å². The summed E-state index contributed by atoms with van der Waals surface area (Å²) in [7, 11) is 0. The molecular formula is C17H21FO. The summed E-state index contributed by atoms with van der Waals surface area (Å²) in [6, 6.07) is 4.90. The minimum Gasteiger partial charge on any atom is -0.385 e. The predicted molar refractivity (Wildman–Crippen MR) is 72.1 cm³/mol. The topological polar surface area (TPSA) is 20.2 Å². The number of halogens is 1. The van der Waals surface area contributed by atoms with Gasteiger partial charge in [0.25, 0.3) is 0 Å². The van der Waals surface area contributed by atoms with E-state index in [-0.39, 0.29) is 5.82 Å². The Kier molecular flexibility index (Phi) is 2.39. The van der Waals surface area contributed by atoms with E-state index in [2.05, 4.69) is 0 Å². The summed E-state index contributed by atoms with van der Waals surface area (Å²) in [5, 5.41) is 11.4. The Hall–Kier alpha value is -0.890. The lowest BCUT2D eigenvalue weighted by Gasteiger charge is -2.59. The molecule has 0 saturated heterocycles. The van der Waals surface area contributed by atoms with Gasteiger partial charge in [0.05, 0.1) is 5.60 Å². The van der Waals surface area contributed by atoms with E-state index in [0.717, 1.165) is 23.0 Å². The Balaban J connectivity index is 1.80. The van der Waals surface area contributed by atoms with Crippen LogP contribution in [0, 0.1) is 36.4 Å². The van der Waals surface area contributed by atoms with Gasteiger partial charge in [0, 0.05) is 0 Å². The number of hydrogen-bond acceptors (Lipinski definition) is 1. The van der Waals surface area contributed by atoms with Crippen LogP contribution in [-0.4, -0.2) is 5.11 Å². The summed E-state index contributed by atoms with van der Waals surface area (Å²) in [4.78, 5) is 0. The molecule has 0 unspecified atom stereocenters. The second-order valence-electron chi connectivity index (χ2n) is 7.09. The molecule has 1 aromatic rings. The first kappa shape index (κ1) is 11.9. The van der Waals surface area contributed by atoms with Gasteiger partial charge in [-0.3, -0.25) is 0 Å². The summed E-state index contributed by atoms with van der Waals surface area (Å²) < 4.78 is 13.3. The van der Waals surface area contributed by atoms with Gasteiger partial charge in [-0.05, 0) is 86.0 Å². The van der Waals surface area contributed by atoms with Crippen LogP contribution in [0.1, 0.15) is 43.2 Å². The van der Waals surface area contributed by atoms with E-state index in [4.69, 9.17) is 0 Å². The summed E-state index contributed by atoms with van der Waals surface area (Å²) in [6.07, 6.45) is 6.05. The van der Waals surface area contributed by atoms with Crippen LogP contribution in [-0.2, 0) is 5.60 Å². The van der Waals surface area contributed by atoms with Crippen molar-refractivity contribution in [3.63, 3.8) is 0 Å². The second kappa shape index (κ2) is 3.82. The van der Waals surface area contributed by atoms with Gasteiger partial charge >= 0.3 is 0 Å². The maximum absolute atomic E-state index is 13.3. The molecule has 4 bridgehead atoms. The summed E-state index contributed by atoms with van der Waals surface area (Å²) in [5.74, 6) is 2.27. The van der Waals surface area contributed by atoms with E-state index in [1.165, 1.54) is 38.2 Å². The molecule has 0 aromatic heterocycles. The third-order valence-corrected chi connectivity index (χ3v) is 6.00. The van der Waals surface area contributed by atoms with E-state index in [9.17, 15) is 9.50 Å². The maximum Gasteiger partial charge on any atom is 0.123 e. The SMILES string of the molecule is Cc1cc(F)ccc1C1(O)C2CC3CC(C2)CC1C3. The number of hydrogen-bond donors (Lipinski definition) is 1. The molecule has 1 N–H and O–H groups in total. The lowest BCUT2D eigenvalue weighted by Crippen LogP contribution is -2.55. The number of aryl methyl sites for hydroxylation is 1. The molecule has 4 saturated carbocycles. The lowest BCUT2D eigenvalue weighted by molar-refractivity contribution is -0.179. The van der Waals surface area contributed by atoms with Gasteiger partial charge in [-0.1, -0.05) is 6.07 Å². The van der Waals surface area contributed by atoms with Gasteiger partial charge < -0.3 is 5.11 Å². The highest BCUT2D eigenvalue weighted by atomic mass is 19.1. The fourth-order valence-electron chi connectivity index (χ4n) is 5.42. The molecule has 0 radical (unpaired) electrons. The highest BCUT2D eigenvalue weighted by Crippen LogP contribution is 2.62. The van der Waals surface area contributed by atoms with Crippen molar-refractivity contribution in [1.29, 1.82) is 0 Å². The van der Waals surface area contributed by atoms with Gasteiger partial charge in [-0.25, -0.2) is 4.39 Å². The van der Waals surface area contributed by atoms with Crippen molar-refractivity contribution in [2.75, 3.05) is 0 Å². The van der Waals surface area contributed by atoms with Crippen LogP contribution < -0.4 is 0 Å². The number of benzene rings is 1. The largest absolute Gasteiger partial charge is 0.385 e. The summed E-state index contributed by atoms with van der Waals surface area (Å²) in [6.45, 7) is 1.93. The Labute approximate surface area is 113 Å². The first-order chi connectivity index (χ1) is 9.07. The van der Waals surface area contributed by atoms with E-state index in [1.54, 1.807) is 6.07 Å². The zero-order chi connectivity index (χ0) is 13.2. The minimum absolute atomic E-state index is 0.200. The third-order valence-electron chi connectivity index (χ3n) is 6.00. The highest BCUT2D eigenvalue weighted by Gasteiger charge is 2.57. The first-order valence-electron chi connectivity index (χ1n) is 7.56. The highest BCUT2D eigenvalue weighted by molar-refractivity contribution is 5.35. The van der Waals surface area contributed by atoms with Crippen LogP contribution in [0.3, 0.4) is 0 Å². The number of aliphatic hydroxyl groups is 1. The molecule has 1 aromatic carbocycles. The minimum atomic E-state index is -0.689. The first-order valence-corrected chi connectivity index (χ1v) is 7.56. The molecule has 0 aliphatic heterocycles. The normalized spacial score (nSPS) is 43.7. The van der Waals surface area contributed by atoms with Crippen LogP contribution in [0.25, 0.3) is 0 Å². The second-order valence-corrected chi connectivity index (χ2v) is 7.09. The van der Waals surface area contributed by atoms with Crippen molar-refractivity contribution >= 4 is 0 Å². The maximum atomic E-state index is 13.3. The van der Waals surface area contributed by atoms with Gasteiger partial charge in [0.2, 0.25) is 0 Å². The van der Waals surface area contributed by atoms with Crippen LogP contribution in [0.2, 0.25) is 0 Å². The van der Waals surface area contributed by atoms with Gasteiger partial charge in [0.1, 0.15) is 5.82 Å². The zero-order valence-corrected chi connectivity index (χ0v) is 11.4. The lowest BCUT2D eigenvalue weighted by atomic mass is 9.48. The fourth-order valence-corrected chi connectivity index (χ4v) is 5.42. The quantitative estimate of drug-likeness (QED) is 0.814. The predicted octanol–water partition coefficient (Wildman–Crippen LogP) is 3.78. The molecule has 0 heterocycles. The monoisotopic (exact) mass is 260 g/mol. The molecule has 2 heteroatoms. The van der Waals surface area contributed by atoms with E-state index in [0.29, 0.717) is 11.8 Å². The average molecular weight is 260 g/mol. The molecule has 0 amide bonds. The third kappa shape index (κ3) is 1.56. The van der Waals surface area contributed by atoms with Crippen molar-refractivity contribution in [1.82, 2.24) is 0 Å². The molecule has 4 aliphatic rings. The standard InChI is InChI=1S/C17H21FO/c1-10-4-15(18)2-3-16(10)17(19)13-6-11-5-12(8-13)9-14(17)7-11/h2-4,11-14,19H,5-9H2,1H3. The summed E-state index contributed by atoms with van der Waals surface area (Å²) in [5.41, 5.74) is 1.21. The van der Waals surface area contributed by atoms with Crippen LogP contribution in [0.5, 0.6) is 0 Å². The average Bonchev–Trinajstić information content (AvgIpc) is 2.34. The molecule has 1 nitrogen and oxygen atoms in total. The van der Waals surface area contributed by atoms with Crippen LogP contribution >= 0.6 is 0 Å². The van der Waals surface area contributed by atoms with Gasteiger partial charge in [0.15, 0.2) is 0 Å². The van der Waals surface area contributed by atoms with Gasteiger partial charge in [-0.2, -0.15) is 0 Å². The molecule has 5 rings (SSSR count). The molecule has 0 spiro atoms. The molecule has 19 heavy (non-hydrogen) atoms. The molecule has 102 valence electrons. The van der Waals surface area contributed by atoms with Crippen molar-refractivity contribution in [2.24, 2.45) is 23.7 Å². The van der Waals surface area contributed by atoms with E-state index < -0.39 is 5.60 Å². The smallest absolute Gasteiger partial charge is 0.123 e. The van der Waals surface area contributed by atoms with Crippen molar-refractivity contribution in [2.45, 2.75) is 44.6 Å². The molecule has 4 aliphatic carbocycles. The molecule has 4 fully saturated rings. The van der Waals surface area contributed by atoms with Crippen molar-refractivity contribution < 1.29 is 9.50 Å². The number of rotatable bonds is 1. The van der Waals surface area contributed by atoms with Crippen molar-refractivity contribution in [3.8, 4) is 0 Å². The van der Waals surface area contributed by atoms with Crippen molar-refractivity contribution in [3.05, 3.63) is 35.1 Å². The molecule has 0 atom stereocenters. The Morgan fingerprint density at radius 1 is 1.05 bits per heavy atom. The zero-order valence-electron chi connectivity index (χ0n) is 11.4. The van der Waals surface area contributed by atoms with Crippen LogP contribution in [0.4, 0.5) is 4.39 Å². The summed E-state index contributed by atoms with van der Waals surface area (Å²) >= 11 is 0. The Morgan fingerprint density at radius 2 is 1.63 bits per heavy atom. The molecular weight excluding hydrogens is 239 g/mol. The fraction of sp³-hybridized carbons (Fsp3) is 0.647. The van der Waals surface area contributed by atoms with Gasteiger partial charge in [-0.15, -0.1) is 0 Å². The Bertz CT molecular complexity index is 494. The Morgan fingerprint density at radius 3 is 2.16 bits per heavy atom. The van der Waals surface area contributed by atoms with E-state index in [1.807, 2.05) is 13.0 Å².